The summed E-state index contributed by atoms with van der Waals surface area (Å²) in [6.07, 6.45) is 15.0. The van der Waals surface area contributed by atoms with E-state index in [1.165, 1.54) is 18.4 Å². The molecule has 1 amide bonds. The summed E-state index contributed by atoms with van der Waals surface area (Å²) in [5.41, 5.74) is 1.35. The van der Waals surface area contributed by atoms with Gasteiger partial charge in [0.1, 0.15) is 0 Å². The number of carbonyl (C=O) groups is 1. The normalized spacial score (nSPS) is 19.6. The lowest BCUT2D eigenvalue weighted by Crippen LogP contribution is -2.35. The Morgan fingerprint density at radius 1 is 1.15 bits per heavy atom. The largest absolute Gasteiger partial charge is 0.338 e. The van der Waals surface area contributed by atoms with E-state index in [1.807, 2.05) is 0 Å². The second-order valence-electron chi connectivity index (χ2n) is 6.44. The van der Waals surface area contributed by atoms with Crippen LogP contribution in [-0.4, -0.2) is 23.9 Å². The number of nitrogens with zero attached hydrogens (tertiary/aromatic N) is 1. The number of amides is 1. The summed E-state index contributed by atoms with van der Waals surface area (Å²) in [4.78, 5) is 14.4. The first kappa shape index (κ1) is 15.3. The first-order valence-corrected chi connectivity index (χ1v) is 8.30. The molecule has 2 aliphatic carbocycles. The molecule has 0 radical (unpaired) electrons. The van der Waals surface area contributed by atoms with Crippen LogP contribution in [-0.2, 0) is 4.79 Å². The molecule has 0 N–H and O–H groups in total. The Labute approximate surface area is 123 Å². The molecule has 0 aromatic carbocycles. The van der Waals surface area contributed by atoms with Gasteiger partial charge in [-0.3, -0.25) is 4.79 Å². The van der Waals surface area contributed by atoms with Gasteiger partial charge in [-0.25, -0.2) is 0 Å². The maximum Gasteiger partial charge on any atom is 0.225 e. The van der Waals surface area contributed by atoms with Crippen LogP contribution in [0.25, 0.3) is 0 Å². The average Bonchev–Trinajstić information content (AvgIpc) is 3.29. The van der Waals surface area contributed by atoms with Gasteiger partial charge < -0.3 is 4.90 Å². The molecule has 0 atom stereocenters. The lowest BCUT2D eigenvalue weighted by atomic mass is 10.1. The monoisotopic (exact) mass is 275 g/mol. The zero-order chi connectivity index (χ0) is 14.4. The fourth-order valence-corrected chi connectivity index (χ4v) is 2.51. The van der Waals surface area contributed by atoms with Crippen LogP contribution in [0, 0.1) is 11.8 Å². The summed E-state index contributed by atoms with van der Waals surface area (Å²) in [6.45, 7) is 6.18. The van der Waals surface area contributed by atoms with Gasteiger partial charge in [0.2, 0.25) is 5.91 Å². The fraction of sp³-hybridized carbons (Fsp3) is 0.722. The van der Waals surface area contributed by atoms with Crippen molar-refractivity contribution in [1.29, 1.82) is 0 Å². The highest BCUT2D eigenvalue weighted by atomic mass is 16.2. The average molecular weight is 275 g/mol. The molecular weight excluding hydrogens is 246 g/mol. The fourth-order valence-electron chi connectivity index (χ4n) is 2.51. The Bertz CT molecular complexity index is 375. The Kier molecular flexibility index (Phi) is 5.87. The van der Waals surface area contributed by atoms with Gasteiger partial charge in [-0.1, -0.05) is 30.7 Å². The molecule has 20 heavy (non-hydrogen) atoms. The SMILES string of the molecule is CCC=CCCC=C(C)CN(CC1CC1)C(=O)C1CC1. The molecule has 2 saturated carbocycles. The molecule has 0 bridgehead atoms. The second-order valence-corrected chi connectivity index (χ2v) is 6.44. The molecule has 112 valence electrons. The van der Waals surface area contributed by atoms with Gasteiger partial charge in [-0.05, 0) is 57.8 Å². The Morgan fingerprint density at radius 2 is 1.90 bits per heavy atom. The molecule has 0 aromatic rings. The third-order valence-electron chi connectivity index (χ3n) is 4.08. The summed E-state index contributed by atoms with van der Waals surface area (Å²) in [5, 5.41) is 0. The molecule has 2 nitrogen and oxygen atoms in total. The zero-order valence-electron chi connectivity index (χ0n) is 13.1. The number of hydrogen-bond acceptors (Lipinski definition) is 1. The summed E-state index contributed by atoms with van der Waals surface area (Å²) in [7, 11) is 0. The summed E-state index contributed by atoms with van der Waals surface area (Å²) in [6, 6.07) is 0. The number of unbranched alkanes of at least 4 members (excludes halogenated alkanes) is 1. The predicted molar refractivity (Wildman–Crippen MR) is 84.5 cm³/mol. The van der Waals surface area contributed by atoms with E-state index < -0.39 is 0 Å². The van der Waals surface area contributed by atoms with Gasteiger partial charge >= 0.3 is 0 Å². The minimum atomic E-state index is 0.356. The van der Waals surface area contributed by atoms with E-state index in [-0.39, 0.29) is 0 Å². The molecule has 2 fully saturated rings. The molecule has 0 aromatic heterocycles. The van der Waals surface area contributed by atoms with Crippen molar-refractivity contribution < 1.29 is 4.79 Å². The lowest BCUT2D eigenvalue weighted by molar-refractivity contribution is -0.132. The van der Waals surface area contributed by atoms with E-state index >= 15 is 0 Å². The Balaban J connectivity index is 1.77. The quantitative estimate of drug-likeness (QED) is 0.453. The smallest absolute Gasteiger partial charge is 0.225 e. The van der Waals surface area contributed by atoms with Gasteiger partial charge in [-0.15, -0.1) is 0 Å². The summed E-state index contributed by atoms with van der Waals surface area (Å²) >= 11 is 0. The van der Waals surface area contributed by atoms with Crippen LogP contribution in [0.1, 0.15) is 58.8 Å². The van der Waals surface area contributed by atoms with Crippen molar-refractivity contribution >= 4 is 5.91 Å². The minimum Gasteiger partial charge on any atom is -0.338 e. The molecule has 2 aliphatic rings. The van der Waals surface area contributed by atoms with E-state index in [0.29, 0.717) is 11.8 Å². The van der Waals surface area contributed by atoms with Crippen molar-refractivity contribution in [3.05, 3.63) is 23.8 Å². The van der Waals surface area contributed by atoms with Crippen LogP contribution in [0.3, 0.4) is 0 Å². The first-order chi connectivity index (χ1) is 9.70. The third-order valence-corrected chi connectivity index (χ3v) is 4.08. The van der Waals surface area contributed by atoms with Gasteiger partial charge in [0.05, 0.1) is 0 Å². The molecule has 0 unspecified atom stereocenters. The number of hydrogen-bond donors (Lipinski definition) is 0. The van der Waals surface area contributed by atoms with Crippen LogP contribution in [0.4, 0.5) is 0 Å². The highest BCUT2D eigenvalue weighted by Gasteiger charge is 2.35. The van der Waals surface area contributed by atoms with E-state index in [9.17, 15) is 4.79 Å². The molecule has 0 heterocycles. The van der Waals surface area contributed by atoms with E-state index in [1.54, 1.807) is 0 Å². The maximum absolute atomic E-state index is 12.3. The van der Waals surface area contributed by atoms with Gasteiger partial charge in [0.25, 0.3) is 0 Å². The topological polar surface area (TPSA) is 20.3 Å². The molecule has 2 heteroatoms. The molecule has 2 rings (SSSR count). The molecule has 0 saturated heterocycles. The highest BCUT2D eigenvalue weighted by molar-refractivity contribution is 5.81. The zero-order valence-corrected chi connectivity index (χ0v) is 13.1. The lowest BCUT2D eigenvalue weighted by Gasteiger charge is -2.23. The minimum absolute atomic E-state index is 0.356. The van der Waals surface area contributed by atoms with Gasteiger partial charge in [0, 0.05) is 19.0 Å². The standard InChI is InChI=1S/C18H29NO/c1-3-4-5-6-7-8-15(2)13-19(14-16-9-10-16)18(20)17-11-12-17/h4-5,8,16-17H,3,6-7,9-14H2,1-2H3. The van der Waals surface area contributed by atoms with E-state index in [4.69, 9.17) is 0 Å². The molecule has 0 aliphatic heterocycles. The van der Waals surface area contributed by atoms with E-state index in [0.717, 1.165) is 51.1 Å². The number of allylic oxidation sites excluding steroid dienone is 3. The van der Waals surface area contributed by atoms with Crippen LogP contribution < -0.4 is 0 Å². The van der Waals surface area contributed by atoms with Crippen molar-refractivity contribution in [2.75, 3.05) is 13.1 Å². The predicted octanol–water partition coefficient (Wildman–Crippen LogP) is 4.33. The van der Waals surface area contributed by atoms with E-state index in [2.05, 4.69) is 37.0 Å². The summed E-state index contributed by atoms with van der Waals surface area (Å²) in [5.74, 6) is 1.56. The van der Waals surface area contributed by atoms with Crippen LogP contribution >= 0.6 is 0 Å². The van der Waals surface area contributed by atoms with Gasteiger partial charge in [0.15, 0.2) is 0 Å². The summed E-state index contributed by atoms with van der Waals surface area (Å²) < 4.78 is 0. The van der Waals surface area contributed by atoms with Crippen molar-refractivity contribution in [2.45, 2.75) is 58.8 Å². The third kappa shape index (κ3) is 5.52. The van der Waals surface area contributed by atoms with Gasteiger partial charge in [-0.2, -0.15) is 0 Å². The van der Waals surface area contributed by atoms with Crippen LogP contribution in [0.5, 0.6) is 0 Å². The van der Waals surface area contributed by atoms with Crippen molar-refractivity contribution in [3.8, 4) is 0 Å². The Morgan fingerprint density at radius 3 is 2.50 bits per heavy atom. The second kappa shape index (κ2) is 7.66. The molecule has 0 spiro atoms. The van der Waals surface area contributed by atoms with Crippen LogP contribution in [0.15, 0.2) is 23.8 Å². The Hall–Kier alpha value is -1.05. The van der Waals surface area contributed by atoms with Crippen molar-refractivity contribution in [3.63, 3.8) is 0 Å². The number of carbonyl (C=O) groups excluding carboxylic acids is 1. The number of rotatable bonds is 9. The van der Waals surface area contributed by atoms with Crippen molar-refractivity contribution in [1.82, 2.24) is 4.90 Å². The first-order valence-electron chi connectivity index (χ1n) is 8.30. The molecular formula is C18H29NO. The maximum atomic E-state index is 12.3. The highest BCUT2D eigenvalue weighted by Crippen LogP contribution is 2.34. The van der Waals surface area contributed by atoms with Crippen LogP contribution in [0.2, 0.25) is 0 Å². The van der Waals surface area contributed by atoms with Crippen molar-refractivity contribution in [2.24, 2.45) is 11.8 Å².